The normalized spacial score (nSPS) is 19.2. The monoisotopic (exact) mass is 238 g/mol. The lowest BCUT2D eigenvalue weighted by molar-refractivity contribution is -0.0948. The molecule has 0 atom stereocenters. The number of hydrogen-bond acceptors (Lipinski definition) is 5. The zero-order chi connectivity index (χ0) is 11.4. The number of nitrogens with zero attached hydrogens (tertiary/aromatic N) is 2. The lowest BCUT2D eigenvalue weighted by atomic mass is 9.95. The summed E-state index contributed by atoms with van der Waals surface area (Å²) >= 11 is 1.58. The van der Waals surface area contributed by atoms with Crippen LogP contribution in [-0.4, -0.2) is 25.3 Å². The van der Waals surface area contributed by atoms with Crippen LogP contribution in [0.1, 0.15) is 23.5 Å². The average Bonchev–Trinajstić information content (AvgIpc) is 2.80. The summed E-state index contributed by atoms with van der Waals surface area (Å²) in [4.78, 5) is 4.48. The molecule has 5 heteroatoms. The highest BCUT2D eigenvalue weighted by Gasteiger charge is 2.37. The Balaban J connectivity index is 2.22. The smallest absolute Gasteiger partial charge is 0.125 e. The number of ether oxygens (including phenoxy) is 2. The van der Waals surface area contributed by atoms with Gasteiger partial charge in [-0.3, -0.25) is 0 Å². The highest BCUT2D eigenvalue weighted by atomic mass is 32.1. The molecule has 1 aromatic heterocycles. The van der Waals surface area contributed by atoms with Gasteiger partial charge in [0, 0.05) is 38.5 Å². The molecule has 1 aliphatic rings. The predicted molar refractivity (Wildman–Crippen MR) is 60.2 cm³/mol. The molecule has 1 aliphatic heterocycles. The summed E-state index contributed by atoms with van der Waals surface area (Å²) in [6, 6.07) is 2.11. The van der Waals surface area contributed by atoms with E-state index in [4.69, 9.17) is 14.7 Å². The van der Waals surface area contributed by atoms with Crippen molar-refractivity contribution in [3.8, 4) is 6.07 Å². The van der Waals surface area contributed by atoms with E-state index in [2.05, 4.69) is 11.1 Å². The van der Waals surface area contributed by atoms with E-state index >= 15 is 0 Å². The summed E-state index contributed by atoms with van der Waals surface area (Å²) in [5.41, 5.74) is 0.543. The van der Waals surface area contributed by atoms with Crippen LogP contribution in [0.4, 0.5) is 0 Å². The molecule has 2 heterocycles. The lowest BCUT2D eigenvalue weighted by Gasteiger charge is -2.33. The molecular formula is C11H14N2O2S. The largest absolute Gasteiger partial charge is 0.381 e. The van der Waals surface area contributed by atoms with Crippen molar-refractivity contribution in [2.75, 3.05) is 20.3 Å². The maximum Gasteiger partial charge on any atom is 0.125 e. The number of rotatable bonds is 3. The maximum atomic E-state index is 8.62. The Morgan fingerprint density at radius 1 is 1.62 bits per heavy atom. The van der Waals surface area contributed by atoms with E-state index in [0.29, 0.717) is 19.6 Å². The van der Waals surface area contributed by atoms with Crippen molar-refractivity contribution in [2.45, 2.75) is 24.9 Å². The van der Waals surface area contributed by atoms with Gasteiger partial charge in [0.05, 0.1) is 18.2 Å². The van der Waals surface area contributed by atoms with E-state index < -0.39 is 0 Å². The van der Waals surface area contributed by atoms with Gasteiger partial charge in [0.2, 0.25) is 0 Å². The second kappa shape index (κ2) is 4.91. The molecule has 1 fully saturated rings. The van der Waals surface area contributed by atoms with Crippen molar-refractivity contribution in [1.82, 2.24) is 4.98 Å². The van der Waals surface area contributed by atoms with Gasteiger partial charge in [-0.15, -0.1) is 11.3 Å². The van der Waals surface area contributed by atoms with Gasteiger partial charge in [0.15, 0.2) is 0 Å². The van der Waals surface area contributed by atoms with Crippen LogP contribution in [-0.2, 0) is 21.5 Å². The van der Waals surface area contributed by atoms with Crippen molar-refractivity contribution >= 4 is 11.3 Å². The fourth-order valence-electron chi connectivity index (χ4n) is 1.88. The topological polar surface area (TPSA) is 55.1 Å². The van der Waals surface area contributed by atoms with Crippen LogP contribution in [0.25, 0.3) is 0 Å². The van der Waals surface area contributed by atoms with Crippen LogP contribution in [0.2, 0.25) is 0 Å². The fraction of sp³-hybridized carbons (Fsp3) is 0.636. The number of nitriles is 1. The van der Waals surface area contributed by atoms with Gasteiger partial charge in [-0.25, -0.2) is 4.98 Å². The van der Waals surface area contributed by atoms with Crippen molar-refractivity contribution in [3.05, 3.63) is 16.1 Å². The molecule has 0 unspecified atom stereocenters. The fourth-order valence-corrected chi connectivity index (χ4v) is 2.94. The number of hydrogen-bond donors (Lipinski definition) is 0. The molecule has 4 nitrogen and oxygen atoms in total. The Hall–Kier alpha value is -0.960. The van der Waals surface area contributed by atoms with Crippen LogP contribution in [0.15, 0.2) is 5.38 Å². The van der Waals surface area contributed by atoms with Gasteiger partial charge in [0.1, 0.15) is 10.6 Å². The zero-order valence-electron chi connectivity index (χ0n) is 9.23. The standard InChI is InChI=1S/C11H14N2O2S/c1-14-11(3-6-15-7-4-11)10-13-9(2-5-12)8-16-10/h8H,2-4,6-7H2,1H3. The van der Waals surface area contributed by atoms with Gasteiger partial charge < -0.3 is 9.47 Å². The Bertz CT molecular complexity index is 391. The molecule has 0 aliphatic carbocycles. The number of thiazole rings is 1. The Morgan fingerprint density at radius 3 is 3.00 bits per heavy atom. The lowest BCUT2D eigenvalue weighted by Crippen LogP contribution is -2.35. The SMILES string of the molecule is COC1(c2nc(CC#N)cs2)CCOCC1. The van der Waals surface area contributed by atoms with Gasteiger partial charge in [0.25, 0.3) is 0 Å². The van der Waals surface area contributed by atoms with Crippen molar-refractivity contribution in [1.29, 1.82) is 5.26 Å². The molecule has 0 N–H and O–H groups in total. The third kappa shape index (κ3) is 2.09. The first-order valence-corrected chi connectivity index (χ1v) is 6.13. The Kier molecular flexibility index (Phi) is 3.54. The molecular weight excluding hydrogens is 224 g/mol. The molecule has 0 bridgehead atoms. The quantitative estimate of drug-likeness (QED) is 0.806. The van der Waals surface area contributed by atoms with E-state index in [9.17, 15) is 0 Å². The minimum Gasteiger partial charge on any atom is -0.381 e. The highest BCUT2D eigenvalue weighted by molar-refractivity contribution is 7.09. The summed E-state index contributed by atoms with van der Waals surface area (Å²) in [7, 11) is 1.72. The molecule has 0 radical (unpaired) electrons. The molecule has 86 valence electrons. The number of methoxy groups -OCH3 is 1. The molecule has 16 heavy (non-hydrogen) atoms. The molecule has 0 saturated carbocycles. The van der Waals surface area contributed by atoms with E-state index in [1.54, 1.807) is 18.4 Å². The van der Waals surface area contributed by atoms with Gasteiger partial charge in [-0.05, 0) is 0 Å². The second-order valence-electron chi connectivity index (χ2n) is 3.79. The minimum absolute atomic E-state index is 0.295. The third-order valence-electron chi connectivity index (χ3n) is 2.89. The van der Waals surface area contributed by atoms with Gasteiger partial charge in [-0.1, -0.05) is 0 Å². The summed E-state index contributed by atoms with van der Waals surface area (Å²) < 4.78 is 11.0. The molecule has 0 spiro atoms. The maximum absolute atomic E-state index is 8.62. The van der Waals surface area contributed by atoms with Crippen molar-refractivity contribution in [3.63, 3.8) is 0 Å². The van der Waals surface area contributed by atoms with E-state index in [0.717, 1.165) is 23.5 Å². The van der Waals surface area contributed by atoms with Crippen molar-refractivity contribution < 1.29 is 9.47 Å². The average molecular weight is 238 g/mol. The highest BCUT2D eigenvalue weighted by Crippen LogP contribution is 2.37. The Labute approximate surface area is 98.8 Å². The number of aromatic nitrogens is 1. The van der Waals surface area contributed by atoms with Crippen LogP contribution < -0.4 is 0 Å². The van der Waals surface area contributed by atoms with Crippen LogP contribution in [0.3, 0.4) is 0 Å². The first-order valence-electron chi connectivity index (χ1n) is 5.25. The van der Waals surface area contributed by atoms with Gasteiger partial charge in [-0.2, -0.15) is 5.26 Å². The summed E-state index contributed by atoms with van der Waals surface area (Å²) in [6.45, 7) is 1.42. The van der Waals surface area contributed by atoms with E-state index in [1.807, 2.05) is 5.38 Å². The zero-order valence-corrected chi connectivity index (χ0v) is 10.0. The van der Waals surface area contributed by atoms with Gasteiger partial charge >= 0.3 is 0 Å². The summed E-state index contributed by atoms with van der Waals surface area (Å²) in [5.74, 6) is 0. The predicted octanol–water partition coefficient (Wildman–Crippen LogP) is 1.86. The second-order valence-corrected chi connectivity index (χ2v) is 4.65. The summed E-state index contributed by atoms with van der Waals surface area (Å²) in [5, 5.41) is 11.5. The Morgan fingerprint density at radius 2 is 2.38 bits per heavy atom. The minimum atomic E-state index is -0.295. The first kappa shape index (κ1) is 11.5. The van der Waals surface area contributed by atoms with Crippen LogP contribution >= 0.6 is 11.3 Å². The van der Waals surface area contributed by atoms with E-state index in [1.165, 1.54) is 0 Å². The van der Waals surface area contributed by atoms with Crippen molar-refractivity contribution in [2.24, 2.45) is 0 Å². The first-order chi connectivity index (χ1) is 7.80. The third-order valence-corrected chi connectivity index (χ3v) is 3.97. The molecule has 2 rings (SSSR count). The molecule has 1 aromatic rings. The van der Waals surface area contributed by atoms with Crippen LogP contribution in [0, 0.1) is 11.3 Å². The summed E-state index contributed by atoms with van der Waals surface area (Å²) in [6.07, 6.45) is 2.04. The molecule has 0 aromatic carbocycles. The molecule has 1 saturated heterocycles. The van der Waals surface area contributed by atoms with Crippen LogP contribution in [0.5, 0.6) is 0 Å². The molecule has 0 amide bonds. The van der Waals surface area contributed by atoms with E-state index in [-0.39, 0.29) is 5.60 Å².